The Hall–Kier alpha value is -7.46. The number of aromatic carboxylic acids is 1. The van der Waals surface area contributed by atoms with Gasteiger partial charge in [0.2, 0.25) is 0 Å². The molecule has 0 aliphatic carbocycles. The molecule has 0 bridgehead atoms. The van der Waals surface area contributed by atoms with E-state index >= 15 is 0 Å². The van der Waals surface area contributed by atoms with Crippen LogP contribution in [0.4, 0.5) is 15.3 Å². The molecule has 0 fully saturated rings. The fourth-order valence-corrected chi connectivity index (χ4v) is 8.95. The van der Waals surface area contributed by atoms with Crippen LogP contribution in [0.5, 0.6) is 0 Å². The summed E-state index contributed by atoms with van der Waals surface area (Å²) in [6.45, 7) is 16.3. The number of hydrogen-bond acceptors (Lipinski definition) is 13. The smallest absolute Gasteiger partial charge is 0.408 e. The highest BCUT2D eigenvalue weighted by Gasteiger charge is 2.24. The SMILES string of the molecule is C[C@H](N)c1nc2cccc(Cl)c2c(=O)n1Cc1ccccc1Cl.C[C@H](NC(=O)OC(C)(C)C)C(=O)O.C[C@H](NC(=O)OC(C)(C)C)c1nc2cccc(Cl)c2c(=O)n1Cc1ccccc1Cl.NCc1ccccc1Cl.Nc1cccc(Cl)c1C(=O)O. The first kappa shape index (κ1) is 71.0. The zero-order valence-electron chi connectivity index (χ0n) is 48.4. The van der Waals surface area contributed by atoms with Gasteiger partial charge in [0.15, 0.2) is 0 Å². The topological polar surface area (TPSA) is 299 Å². The molecule has 3 atom stereocenters. The van der Waals surface area contributed by atoms with Crippen molar-refractivity contribution >= 4 is 121 Å². The molecule has 25 heteroatoms. The second kappa shape index (κ2) is 32.3. The predicted octanol–water partition coefficient (Wildman–Crippen LogP) is 13.5. The molecule has 19 nitrogen and oxygen atoms in total. The molecule has 0 unspecified atom stereocenters. The van der Waals surface area contributed by atoms with Crippen molar-refractivity contribution < 1.29 is 38.9 Å². The average Bonchev–Trinajstić information content (AvgIpc) is 1.10. The Morgan fingerprint density at radius 1 is 0.547 bits per heavy atom. The van der Waals surface area contributed by atoms with E-state index in [4.69, 9.17) is 106 Å². The minimum Gasteiger partial charge on any atom is -0.480 e. The number of rotatable bonds is 11. The van der Waals surface area contributed by atoms with Gasteiger partial charge in [-0.1, -0.05) is 142 Å². The van der Waals surface area contributed by atoms with E-state index < -0.39 is 53.5 Å². The van der Waals surface area contributed by atoms with Crippen molar-refractivity contribution in [3.8, 4) is 0 Å². The zero-order chi connectivity index (χ0) is 64.4. The number of fused-ring (bicyclic) bond motifs is 2. The molecule has 0 saturated heterocycles. The van der Waals surface area contributed by atoms with Crippen molar-refractivity contribution in [2.45, 2.75) is 111 Å². The summed E-state index contributed by atoms with van der Waals surface area (Å²) in [5.41, 5.74) is 18.7. The van der Waals surface area contributed by atoms with Gasteiger partial charge in [-0.05, 0) is 134 Å². The van der Waals surface area contributed by atoms with Crippen molar-refractivity contribution in [2.75, 3.05) is 5.73 Å². The van der Waals surface area contributed by atoms with Gasteiger partial charge in [-0.25, -0.2) is 24.4 Å². The third kappa shape index (κ3) is 21.2. The van der Waals surface area contributed by atoms with Crippen LogP contribution in [0.2, 0.25) is 30.1 Å². The third-order valence-electron chi connectivity index (χ3n) is 11.6. The van der Waals surface area contributed by atoms with Crippen molar-refractivity contribution in [1.29, 1.82) is 0 Å². The summed E-state index contributed by atoms with van der Waals surface area (Å²) in [4.78, 5) is 79.5. The lowest BCUT2D eigenvalue weighted by Crippen LogP contribution is -2.41. The lowest BCUT2D eigenvalue weighted by molar-refractivity contribution is -0.139. The number of carbonyl (C=O) groups excluding carboxylic acids is 2. The van der Waals surface area contributed by atoms with Crippen LogP contribution in [0, 0.1) is 0 Å². The van der Waals surface area contributed by atoms with E-state index in [1.165, 1.54) is 23.6 Å². The number of anilines is 1. The van der Waals surface area contributed by atoms with Crippen molar-refractivity contribution in [3.05, 3.63) is 212 Å². The summed E-state index contributed by atoms with van der Waals surface area (Å²) in [6, 6.07) is 35.1. The van der Waals surface area contributed by atoms with Crippen molar-refractivity contribution in [3.63, 3.8) is 0 Å². The number of carboxylic acids is 2. The molecule has 6 aromatic carbocycles. The number of carboxylic acid groups (broad SMARTS) is 2. The Morgan fingerprint density at radius 3 is 1.28 bits per heavy atom. The molecule has 86 heavy (non-hydrogen) atoms. The molecule has 2 heterocycles. The monoisotopic (exact) mass is 1300 g/mol. The average molecular weight is 1300 g/mol. The van der Waals surface area contributed by atoms with Gasteiger partial charge < -0.3 is 47.5 Å². The number of benzene rings is 6. The lowest BCUT2D eigenvalue weighted by atomic mass is 10.1. The van der Waals surface area contributed by atoms with E-state index in [1.54, 1.807) is 115 Å². The van der Waals surface area contributed by atoms with Crippen LogP contribution in [0.3, 0.4) is 0 Å². The highest BCUT2D eigenvalue weighted by Crippen LogP contribution is 2.26. The number of aromatic nitrogens is 4. The second-order valence-corrected chi connectivity index (χ2v) is 23.3. The minimum atomic E-state index is -1.10. The Morgan fingerprint density at radius 2 is 0.919 bits per heavy atom. The van der Waals surface area contributed by atoms with Crippen LogP contribution in [0.1, 0.15) is 113 Å². The van der Waals surface area contributed by atoms with Gasteiger partial charge in [-0.3, -0.25) is 23.5 Å². The van der Waals surface area contributed by atoms with Crippen LogP contribution in [0.15, 0.2) is 137 Å². The van der Waals surface area contributed by atoms with Crippen LogP contribution in [-0.2, 0) is 33.9 Å². The molecule has 10 N–H and O–H groups in total. The van der Waals surface area contributed by atoms with Crippen LogP contribution < -0.4 is 39.0 Å². The molecule has 2 aromatic heterocycles. The fourth-order valence-electron chi connectivity index (χ4n) is 7.58. The normalized spacial score (nSPS) is 12.0. The highest BCUT2D eigenvalue weighted by molar-refractivity contribution is 6.36. The maximum atomic E-state index is 13.4. The number of alkyl carbamates (subject to hydrolysis) is 2. The molecule has 0 spiro atoms. The first-order chi connectivity index (χ1) is 40.2. The number of nitrogens with one attached hydrogen (secondary N) is 2. The van der Waals surface area contributed by atoms with E-state index in [-0.39, 0.29) is 33.9 Å². The molecular weight excluding hydrogens is 1230 g/mol. The summed E-state index contributed by atoms with van der Waals surface area (Å²) in [6.07, 6.45) is -1.32. The summed E-state index contributed by atoms with van der Waals surface area (Å²) < 4.78 is 13.2. The first-order valence-electron chi connectivity index (χ1n) is 26.3. The molecular formula is C61H67Cl6N9O10. The fraction of sp³-hybridized carbons (Fsp3) is 0.279. The summed E-state index contributed by atoms with van der Waals surface area (Å²) in [5.74, 6) is -1.32. The van der Waals surface area contributed by atoms with Gasteiger partial charge >= 0.3 is 24.1 Å². The number of halogens is 6. The molecule has 458 valence electrons. The maximum Gasteiger partial charge on any atom is 0.408 e. The number of nitrogens with two attached hydrogens (primary N) is 3. The Balaban J connectivity index is 0.000000249. The van der Waals surface area contributed by atoms with E-state index in [1.807, 2.05) is 60.7 Å². The third-order valence-corrected chi connectivity index (χ3v) is 13.6. The molecule has 8 rings (SSSR count). The Kier molecular flexibility index (Phi) is 26.7. The molecule has 8 aromatic rings. The number of amides is 2. The number of aliphatic carboxylic acids is 1. The number of nitrogens with zero attached hydrogens (tertiary/aromatic N) is 4. The Labute approximate surface area is 527 Å². The Bertz CT molecular complexity index is 3790. The van der Waals surface area contributed by atoms with E-state index in [0.717, 1.165) is 21.7 Å². The zero-order valence-corrected chi connectivity index (χ0v) is 53.0. The number of nitrogen functional groups attached to an aromatic ring is 1. The first-order valence-corrected chi connectivity index (χ1v) is 28.5. The number of hydrogen-bond donors (Lipinski definition) is 7. The standard InChI is InChI=1S/C22H23Cl2N3O3.C17H15Cl2N3O.C8H15NO4.C7H6ClNO2.C7H8ClN/c1-13(25-21(29)30-22(2,3)4)19-26-17-11-7-10-16(24)18(17)20(28)27(19)12-14-8-5-6-9-15(14)23;1-10(20)16-21-14-8-4-7-13(19)15(14)17(23)22(16)9-11-5-2-3-6-12(11)18;1-5(6(10)11)9-7(12)13-8(2,3)4;8-4-2-1-3-5(9)6(4)7(10)11;8-7-4-2-1-3-6(7)5-9/h5-11,13H,12H2,1-4H3,(H,25,29);2-8,10H,9,20H2,1H3;5H,1-4H3,(H,9,12)(H,10,11);1-3H,9H2,(H,10,11);1-4H,5,9H2/t13-;10-;5-;;/m000../s1. The highest BCUT2D eigenvalue weighted by atomic mass is 35.5. The molecule has 0 aliphatic rings. The van der Waals surface area contributed by atoms with Crippen molar-refractivity contribution in [1.82, 2.24) is 29.7 Å². The number of ether oxygens (including phenoxy) is 2. The lowest BCUT2D eigenvalue weighted by Gasteiger charge is -2.23. The van der Waals surface area contributed by atoms with E-state index in [0.29, 0.717) is 66.6 Å². The van der Waals surface area contributed by atoms with Gasteiger partial charge in [-0.2, -0.15) is 0 Å². The van der Waals surface area contributed by atoms with Crippen LogP contribution in [-0.4, -0.2) is 70.7 Å². The quantitative estimate of drug-likeness (QED) is 0.0592. The molecule has 0 radical (unpaired) electrons. The number of carbonyl (C=O) groups is 4. The predicted molar refractivity (Wildman–Crippen MR) is 342 cm³/mol. The maximum absolute atomic E-state index is 13.4. The molecule has 0 aliphatic heterocycles. The van der Waals surface area contributed by atoms with Gasteiger partial charge in [0.1, 0.15) is 34.5 Å². The second-order valence-electron chi connectivity index (χ2n) is 20.8. The summed E-state index contributed by atoms with van der Waals surface area (Å²) in [7, 11) is 0. The summed E-state index contributed by atoms with van der Waals surface area (Å²) in [5, 5.41) is 25.4. The van der Waals surface area contributed by atoms with Gasteiger partial charge in [-0.15, -0.1) is 0 Å². The van der Waals surface area contributed by atoms with E-state index in [9.17, 15) is 28.8 Å². The largest absolute Gasteiger partial charge is 0.480 e. The van der Waals surface area contributed by atoms with Gasteiger partial charge in [0.05, 0.1) is 62.0 Å². The molecule has 2 amide bonds. The van der Waals surface area contributed by atoms with Gasteiger partial charge in [0.25, 0.3) is 11.1 Å². The van der Waals surface area contributed by atoms with Crippen molar-refractivity contribution in [2.24, 2.45) is 11.5 Å². The molecule has 0 saturated carbocycles. The van der Waals surface area contributed by atoms with Gasteiger partial charge in [0, 0.05) is 27.3 Å². The van der Waals surface area contributed by atoms with Crippen LogP contribution >= 0.6 is 69.6 Å². The van der Waals surface area contributed by atoms with E-state index in [2.05, 4.69) is 20.6 Å². The summed E-state index contributed by atoms with van der Waals surface area (Å²) >= 11 is 36.3. The minimum absolute atomic E-state index is 0.0332. The van der Waals surface area contributed by atoms with Crippen LogP contribution in [0.25, 0.3) is 21.8 Å².